The summed E-state index contributed by atoms with van der Waals surface area (Å²) in [7, 11) is 0. The minimum absolute atomic E-state index is 0.127. The normalized spacial score (nSPS) is 10.9. The van der Waals surface area contributed by atoms with E-state index in [1.807, 2.05) is 52.5 Å². The van der Waals surface area contributed by atoms with Crippen LogP contribution in [-0.2, 0) is 6.54 Å². The number of carbonyl (C=O) groups is 1. The molecule has 0 aliphatic carbocycles. The number of carbonyl (C=O) groups excluding carboxylic acids is 1. The molecule has 0 saturated heterocycles. The molecule has 0 fully saturated rings. The lowest BCUT2D eigenvalue weighted by Gasteiger charge is -2.03. The number of ketones is 1. The van der Waals surface area contributed by atoms with Gasteiger partial charge in [-0.3, -0.25) is 4.79 Å². The molecule has 0 radical (unpaired) electrons. The molecule has 0 unspecified atom stereocenters. The maximum Gasteiger partial charge on any atom is 0.192 e. The summed E-state index contributed by atoms with van der Waals surface area (Å²) in [5.74, 6) is 0.127. The van der Waals surface area contributed by atoms with Crippen molar-refractivity contribution >= 4 is 39.6 Å². The predicted molar refractivity (Wildman–Crippen MR) is 75.6 cm³/mol. The van der Waals surface area contributed by atoms with Gasteiger partial charge < -0.3 is 4.57 Å². The Kier molecular flexibility index (Phi) is 2.94. The van der Waals surface area contributed by atoms with Crippen LogP contribution in [0.1, 0.15) is 9.67 Å². The van der Waals surface area contributed by atoms with Crippen molar-refractivity contribution in [2.24, 2.45) is 0 Å². The first kappa shape index (κ1) is 11.5. The second-order valence-electron chi connectivity index (χ2n) is 4.05. The Bertz CT molecular complexity index is 700. The number of thiophene rings is 1. The number of Topliss-reactive ketones (excluding diaryl/α,β-unsaturated/α-hetero) is 1. The summed E-state index contributed by atoms with van der Waals surface area (Å²) in [6, 6.07) is 11.4. The van der Waals surface area contributed by atoms with E-state index in [0.717, 1.165) is 15.8 Å². The molecule has 18 heavy (non-hydrogen) atoms. The third-order valence-electron chi connectivity index (χ3n) is 2.85. The molecule has 0 bridgehead atoms. The number of halogens is 1. The minimum Gasteiger partial charge on any atom is -0.340 e. The summed E-state index contributed by atoms with van der Waals surface area (Å²) in [6.07, 6.45) is 1.92. The van der Waals surface area contributed by atoms with Gasteiger partial charge in [-0.25, -0.2) is 0 Å². The molecular formula is C14H10ClNOS. The van der Waals surface area contributed by atoms with Gasteiger partial charge in [0.15, 0.2) is 5.78 Å². The van der Waals surface area contributed by atoms with Crippen LogP contribution < -0.4 is 0 Å². The Balaban J connectivity index is 1.95. The molecule has 3 aromatic rings. The standard InChI is InChI=1S/C14H10ClNOS/c15-11-4-3-10-5-6-16(12(10)8-11)9-13(17)14-2-1-7-18-14/h1-8H,9H2. The second kappa shape index (κ2) is 4.59. The van der Waals surface area contributed by atoms with Crippen LogP contribution in [0.25, 0.3) is 10.9 Å². The van der Waals surface area contributed by atoms with Crippen molar-refractivity contribution in [1.29, 1.82) is 0 Å². The molecule has 2 aromatic heterocycles. The van der Waals surface area contributed by atoms with Gasteiger partial charge in [0.1, 0.15) is 0 Å². The Labute approximate surface area is 113 Å². The van der Waals surface area contributed by atoms with E-state index in [9.17, 15) is 4.79 Å². The zero-order valence-corrected chi connectivity index (χ0v) is 11.0. The van der Waals surface area contributed by atoms with Crippen molar-refractivity contribution in [3.8, 4) is 0 Å². The van der Waals surface area contributed by atoms with Crippen LogP contribution in [0.5, 0.6) is 0 Å². The molecule has 0 saturated carbocycles. The average Bonchev–Trinajstić information content (AvgIpc) is 2.99. The highest BCUT2D eigenvalue weighted by Crippen LogP contribution is 2.21. The summed E-state index contributed by atoms with van der Waals surface area (Å²) in [6.45, 7) is 0.352. The fourth-order valence-electron chi connectivity index (χ4n) is 1.96. The zero-order valence-electron chi connectivity index (χ0n) is 9.47. The molecule has 3 rings (SSSR count). The first-order valence-electron chi connectivity index (χ1n) is 5.55. The van der Waals surface area contributed by atoms with Crippen molar-refractivity contribution in [3.63, 3.8) is 0 Å². The van der Waals surface area contributed by atoms with Gasteiger partial charge in [0.25, 0.3) is 0 Å². The van der Waals surface area contributed by atoms with E-state index in [4.69, 9.17) is 11.6 Å². The van der Waals surface area contributed by atoms with Crippen LogP contribution in [0.2, 0.25) is 5.02 Å². The van der Waals surface area contributed by atoms with Gasteiger partial charge in [-0.2, -0.15) is 0 Å². The zero-order chi connectivity index (χ0) is 12.5. The van der Waals surface area contributed by atoms with Gasteiger partial charge in [-0.1, -0.05) is 23.7 Å². The summed E-state index contributed by atoms with van der Waals surface area (Å²) < 4.78 is 1.93. The molecule has 0 amide bonds. The number of hydrogen-bond donors (Lipinski definition) is 0. The smallest absolute Gasteiger partial charge is 0.192 e. The summed E-state index contributed by atoms with van der Waals surface area (Å²) in [5, 5.41) is 3.70. The largest absolute Gasteiger partial charge is 0.340 e. The van der Waals surface area contributed by atoms with E-state index in [1.165, 1.54) is 11.3 Å². The maximum absolute atomic E-state index is 12.1. The second-order valence-corrected chi connectivity index (χ2v) is 5.43. The molecule has 4 heteroatoms. The van der Waals surface area contributed by atoms with E-state index in [2.05, 4.69) is 0 Å². The Morgan fingerprint density at radius 2 is 2.17 bits per heavy atom. The molecule has 90 valence electrons. The highest BCUT2D eigenvalue weighted by Gasteiger charge is 2.09. The van der Waals surface area contributed by atoms with Crippen molar-refractivity contribution in [2.75, 3.05) is 0 Å². The van der Waals surface area contributed by atoms with E-state index >= 15 is 0 Å². The Hall–Kier alpha value is -1.58. The highest BCUT2D eigenvalue weighted by atomic mass is 35.5. The monoisotopic (exact) mass is 275 g/mol. The summed E-state index contributed by atoms with van der Waals surface area (Å²) >= 11 is 7.46. The van der Waals surface area contributed by atoms with Gasteiger partial charge in [0, 0.05) is 16.7 Å². The molecule has 0 atom stereocenters. The van der Waals surface area contributed by atoms with E-state index in [-0.39, 0.29) is 5.78 Å². The fourth-order valence-corrected chi connectivity index (χ4v) is 2.79. The quantitative estimate of drug-likeness (QED) is 0.655. The minimum atomic E-state index is 0.127. The average molecular weight is 276 g/mol. The van der Waals surface area contributed by atoms with Crippen molar-refractivity contribution < 1.29 is 4.79 Å². The first-order valence-corrected chi connectivity index (χ1v) is 6.81. The lowest BCUT2D eigenvalue weighted by molar-refractivity contribution is 0.0977. The van der Waals surface area contributed by atoms with Gasteiger partial charge in [0.2, 0.25) is 0 Å². The number of fused-ring (bicyclic) bond motifs is 1. The molecule has 1 aromatic carbocycles. The molecule has 0 aliphatic rings. The van der Waals surface area contributed by atoms with Crippen LogP contribution in [0, 0.1) is 0 Å². The molecule has 0 aliphatic heterocycles. The first-order chi connectivity index (χ1) is 8.74. The lowest BCUT2D eigenvalue weighted by atomic mass is 10.2. The number of nitrogens with zero attached hydrogens (tertiary/aromatic N) is 1. The van der Waals surface area contributed by atoms with Crippen molar-refractivity contribution in [1.82, 2.24) is 4.57 Å². The summed E-state index contributed by atoms with van der Waals surface area (Å²) in [4.78, 5) is 12.8. The fraction of sp³-hybridized carbons (Fsp3) is 0.0714. The molecule has 2 heterocycles. The molecular weight excluding hydrogens is 266 g/mol. The van der Waals surface area contributed by atoms with Crippen LogP contribution in [0.15, 0.2) is 48.0 Å². The number of hydrogen-bond acceptors (Lipinski definition) is 2. The molecule has 2 nitrogen and oxygen atoms in total. The van der Waals surface area contributed by atoms with Crippen molar-refractivity contribution in [2.45, 2.75) is 6.54 Å². The Morgan fingerprint density at radius 3 is 2.94 bits per heavy atom. The summed E-state index contributed by atoms with van der Waals surface area (Å²) in [5.41, 5.74) is 0.993. The van der Waals surface area contributed by atoms with Gasteiger partial charge in [-0.15, -0.1) is 11.3 Å². The number of rotatable bonds is 3. The number of aromatic nitrogens is 1. The van der Waals surface area contributed by atoms with Crippen LogP contribution in [-0.4, -0.2) is 10.4 Å². The lowest BCUT2D eigenvalue weighted by Crippen LogP contribution is -2.07. The van der Waals surface area contributed by atoms with E-state index in [0.29, 0.717) is 11.6 Å². The van der Waals surface area contributed by atoms with E-state index in [1.54, 1.807) is 0 Å². The number of benzene rings is 1. The van der Waals surface area contributed by atoms with Gasteiger partial charge in [0.05, 0.1) is 11.4 Å². The third-order valence-corrected chi connectivity index (χ3v) is 3.99. The van der Waals surface area contributed by atoms with E-state index < -0.39 is 0 Å². The maximum atomic E-state index is 12.1. The van der Waals surface area contributed by atoms with Crippen LogP contribution in [0.3, 0.4) is 0 Å². The Morgan fingerprint density at radius 1 is 1.28 bits per heavy atom. The van der Waals surface area contributed by atoms with Gasteiger partial charge in [-0.05, 0) is 35.0 Å². The SMILES string of the molecule is O=C(Cn1ccc2ccc(Cl)cc21)c1cccs1. The molecule has 0 spiro atoms. The predicted octanol–water partition coefficient (Wildman–Crippen LogP) is 4.24. The van der Waals surface area contributed by atoms with Crippen LogP contribution in [0.4, 0.5) is 0 Å². The van der Waals surface area contributed by atoms with Gasteiger partial charge >= 0.3 is 0 Å². The third kappa shape index (κ3) is 2.07. The topological polar surface area (TPSA) is 22.0 Å². The van der Waals surface area contributed by atoms with Crippen LogP contribution >= 0.6 is 22.9 Å². The highest BCUT2D eigenvalue weighted by molar-refractivity contribution is 7.12. The van der Waals surface area contributed by atoms with Crippen molar-refractivity contribution in [3.05, 3.63) is 57.9 Å². The molecule has 0 N–H and O–H groups in total.